The Balaban J connectivity index is 2.37. The summed E-state index contributed by atoms with van der Waals surface area (Å²) in [5.41, 5.74) is 5.44. The monoisotopic (exact) mass is 200 g/mol. The summed E-state index contributed by atoms with van der Waals surface area (Å²) in [7, 11) is 0. The van der Waals surface area contributed by atoms with Gasteiger partial charge in [0, 0.05) is 6.04 Å². The van der Waals surface area contributed by atoms with E-state index in [1.54, 1.807) is 6.92 Å². The largest absolute Gasteiger partial charge is 0.393 e. The molecule has 0 radical (unpaired) electrons. The van der Waals surface area contributed by atoms with Crippen LogP contribution in [0.3, 0.4) is 0 Å². The Morgan fingerprint density at radius 1 is 1.57 bits per heavy atom. The predicted molar refractivity (Wildman–Crippen MR) is 54.6 cm³/mol. The second kappa shape index (κ2) is 4.75. The molecule has 1 aliphatic carbocycles. The van der Waals surface area contributed by atoms with Crippen LogP contribution in [0.15, 0.2) is 0 Å². The van der Waals surface area contributed by atoms with E-state index in [0.717, 1.165) is 12.8 Å². The van der Waals surface area contributed by atoms with Crippen molar-refractivity contribution < 1.29 is 9.90 Å². The SMILES string of the molecule is C[C@@H]1CC[C@@H](NC(=O)[C@@H](C)N)C[C@H]1O. The summed E-state index contributed by atoms with van der Waals surface area (Å²) >= 11 is 0. The number of carbonyl (C=O) groups excluding carboxylic acids is 1. The lowest BCUT2D eigenvalue weighted by atomic mass is 9.85. The van der Waals surface area contributed by atoms with Crippen LogP contribution in [-0.2, 0) is 4.79 Å². The van der Waals surface area contributed by atoms with Gasteiger partial charge >= 0.3 is 0 Å². The minimum absolute atomic E-state index is 0.0969. The summed E-state index contributed by atoms with van der Waals surface area (Å²) in [5, 5.41) is 12.5. The smallest absolute Gasteiger partial charge is 0.236 e. The molecule has 1 saturated carbocycles. The third-order valence-electron chi connectivity index (χ3n) is 2.91. The number of aliphatic hydroxyl groups excluding tert-OH is 1. The highest BCUT2D eigenvalue weighted by atomic mass is 16.3. The average molecular weight is 200 g/mol. The third-order valence-corrected chi connectivity index (χ3v) is 2.91. The van der Waals surface area contributed by atoms with Gasteiger partial charge in [-0.15, -0.1) is 0 Å². The van der Waals surface area contributed by atoms with Crippen LogP contribution >= 0.6 is 0 Å². The first-order valence-electron chi connectivity index (χ1n) is 5.24. The van der Waals surface area contributed by atoms with Gasteiger partial charge in [-0.25, -0.2) is 0 Å². The number of nitrogens with two attached hydrogens (primary N) is 1. The molecule has 4 N–H and O–H groups in total. The first kappa shape index (κ1) is 11.5. The Kier molecular flexibility index (Phi) is 3.89. The summed E-state index contributed by atoms with van der Waals surface area (Å²) < 4.78 is 0. The molecular formula is C10H20N2O2. The van der Waals surface area contributed by atoms with Crippen LogP contribution in [-0.4, -0.2) is 29.2 Å². The molecule has 1 fully saturated rings. The highest BCUT2D eigenvalue weighted by Gasteiger charge is 2.27. The van der Waals surface area contributed by atoms with E-state index in [1.807, 2.05) is 6.92 Å². The maximum absolute atomic E-state index is 11.3. The zero-order valence-electron chi connectivity index (χ0n) is 8.86. The van der Waals surface area contributed by atoms with E-state index in [9.17, 15) is 9.90 Å². The van der Waals surface area contributed by atoms with Gasteiger partial charge in [0.1, 0.15) is 0 Å². The van der Waals surface area contributed by atoms with Gasteiger partial charge in [-0.05, 0) is 32.1 Å². The molecule has 0 spiro atoms. The molecule has 4 heteroatoms. The van der Waals surface area contributed by atoms with Gasteiger partial charge in [0.15, 0.2) is 0 Å². The summed E-state index contributed by atoms with van der Waals surface area (Å²) in [5.74, 6) is 0.218. The Labute approximate surface area is 84.9 Å². The van der Waals surface area contributed by atoms with Crippen molar-refractivity contribution in [2.24, 2.45) is 11.7 Å². The van der Waals surface area contributed by atoms with Crippen molar-refractivity contribution >= 4 is 5.91 Å². The molecule has 1 rings (SSSR count). The van der Waals surface area contributed by atoms with Crippen molar-refractivity contribution in [1.82, 2.24) is 5.32 Å². The topological polar surface area (TPSA) is 75.4 Å². The molecule has 1 aliphatic rings. The lowest BCUT2D eigenvalue weighted by molar-refractivity contribution is -0.123. The molecule has 14 heavy (non-hydrogen) atoms. The third kappa shape index (κ3) is 2.96. The van der Waals surface area contributed by atoms with Crippen molar-refractivity contribution in [2.45, 2.75) is 51.3 Å². The Bertz CT molecular complexity index is 206. The summed E-state index contributed by atoms with van der Waals surface area (Å²) in [6.07, 6.45) is 2.27. The van der Waals surface area contributed by atoms with Crippen molar-refractivity contribution in [1.29, 1.82) is 0 Å². The fourth-order valence-corrected chi connectivity index (χ4v) is 1.76. The van der Waals surface area contributed by atoms with Gasteiger partial charge in [0.05, 0.1) is 12.1 Å². The standard InChI is InChI=1S/C10H20N2O2/c1-6-3-4-8(5-9(6)13)12-10(14)7(2)11/h6-9,13H,3-5,11H2,1-2H3,(H,12,14)/t6-,7-,8-,9-/m1/s1. The number of hydrogen-bond donors (Lipinski definition) is 3. The van der Waals surface area contributed by atoms with Crippen LogP contribution in [0.2, 0.25) is 0 Å². The van der Waals surface area contributed by atoms with E-state index < -0.39 is 6.04 Å². The van der Waals surface area contributed by atoms with Gasteiger partial charge in [-0.1, -0.05) is 6.92 Å². The van der Waals surface area contributed by atoms with Gasteiger partial charge < -0.3 is 16.2 Å². The molecule has 0 unspecified atom stereocenters. The second-order valence-electron chi connectivity index (χ2n) is 4.35. The Morgan fingerprint density at radius 2 is 2.21 bits per heavy atom. The van der Waals surface area contributed by atoms with Crippen LogP contribution in [0.25, 0.3) is 0 Å². The van der Waals surface area contributed by atoms with Crippen LogP contribution in [0.1, 0.15) is 33.1 Å². The Hall–Kier alpha value is -0.610. The van der Waals surface area contributed by atoms with E-state index in [4.69, 9.17) is 5.73 Å². The second-order valence-corrected chi connectivity index (χ2v) is 4.35. The van der Waals surface area contributed by atoms with Crippen molar-refractivity contribution in [3.63, 3.8) is 0 Å². The first-order chi connectivity index (χ1) is 6.50. The average Bonchev–Trinajstić information content (AvgIpc) is 2.11. The van der Waals surface area contributed by atoms with Crippen LogP contribution in [0, 0.1) is 5.92 Å². The minimum atomic E-state index is -0.466. The fourth-order valence-electron chi connectivity index (χ4n) is 1.76. The molecule has 0 aromatic rings. The fraction of sp³-hybridized carbons (Fsp3) is 0.900. The Morgan fingerprint density at radius 3 is 2.71 bits per heavy atom. The molecule has 0 heterocycles. The number of nitrogens with one attached hydrogen (secondary N) is 1. The van der Waals surface area contributed by atoms with E-state index in [0.29, 0.717) is 12.3 Å². The minimum Gasteiger partial charge on any atom is -0.393 e. The molecule has 0 bridgehead atoms. The van der Waals surface area contributed by atoms with Gasteiger partial charge in [0.25, 0.3) is 0 Å². The molecule has 1 amide bonds. The van der Waals surface area contributed by atoms with E-state index in [-0.39, 0.29) is 18.1 Å². The summed E-state index contributed by atoms with van der Waals surface area (Å²) in [6.45, 7) is 3.70. The first-order valence-corrected chi connectivity index (χ1v) is 5.24. The molecule has 0 aromatic carbocycles. The predicted octanol–water partition coefficient (Wildman–Crippen LogP) is -0.000700. The molecule has 4 atom stereocenters. The number of amides is 1. The molecule has 0 saturated heterocycles. The van der Waals surface area contributed by atoms with Crippen molar-refractivity contribution in [2.75, 3.05) is 0 Å². The molecule has 4 nitrogen and oxygen atoms in total. The van der Waals surface area contributed by atoms with Crippen LogP contribution < -0.4 is 11.1 Å². The molecule has 0 aromatic heterocycles. The number of rotatable bonds is 2. The zero-order valence-corrected chi connectivity index (χ0v) is 8.86. The molecule has 0 aliphatic heterocycles. The quantitative estimate of drug-likeness (QED) is 0.587. The van der Waals surface area contributed by atoms with E-state index in [2.05, 4.69) is 5.32 Å². The van der Waals surface area contributed by atoms with E-state index in [1.165, 1.54) is 0 Å². The molecule has 82 valence electrons. The van der Waals surface area contributed by atoms with Crippen LogP contribution in [0.4, 0.5) is 0 Å². The number of carbonyl (C=O) groups is 1. The molecular weight excluding hydrogens is 180 g/mol. The van der Waals surface area contributed by atoms with Gasteiger partial charge in [0.2, 0.25) is 5.91 Å². The van der Waals surface area contributed by atoms with Crippen molar-refractivity contribution in [3.8, 4) is 0 Å². The van der Waals surface area contributed by atoms with Crippen molar-refractivity contribution in [3.05, 3.63) is 0 Å². The van der Waals surface area contributed by atoms with Crippen LogP contribution in [0.5, 0.6) is 0 Å². The summed E-state index contributed by atoms with van der Waals surface area (Å²) in [6, 6.07) is -0.369. The lowest BCUT2D eigenvalue weighted by Crippen LogP contribution is -2.47. The summed E-state index contributed by atoms with van der Waals surface area (Å²) in [4.78, 5) is 11.3. The number of aliphatic hydroxyl groups is 1. The van der Waals surface area contributed by atoms with Gasteiger partial charge in [-0.3, -0.25) is 4.79 Å². The van der Waals surface area contributed by atoms with Gasteiger partial charge in [-0.2, -0.15) is 0 Å². The van der Waals surface area contributed by atoms with E-state index >= 15 is 0 Å². The number of hydrogen-bond acceptors (Lipinski definition) is 3. The highest BCUT2D eigenvalue weighted by molar-refractivity contribution is 5.81. The maximum Gasteiger partial charge on any atom is 0.236 e. The maximum atomic E-state index is 11.3. The lowest BCUT2D eigenvalue weighted by Gasteiger charge is -2.31. The normalized spacial score (nSPS) is 35.0. The zero-order chi connectivity index (χ0) is 10.7. The highest BCUT2D eigenvalue weighted by Crippen LogP contribution is 2.24.